The third kappa shape index (κ3) is 3.46. The second-order valence-corrected chi connectivity index (χ2v) is 7.95. The number of carbonyl (C=O) groups excluding carboxylic acids is 1. The summed E-state index contributed by atoms with van der Waals surface area (Å²) < 4.78 is 25.4. The standard InChI is InChI=1S/C18H21FO5S/c1-18(2,3)14(17(21)22)10(8-20)12-6-9-13(25-12)7-11(23-4)16(24-5)15(9)19/h6-8,10,14H,1-5H3,(H,21,22). The van der Waals surface area contributed by atoms with Crippen molar-refractivity contribution in [2.24, 2.45) is 11.3 Å². The summed E-state index contributed by atoms with van der Waals surface area (Å²) in [6, 6.07) is 3.15. The lowest BCUT2D eigenvalue weighted by atomic mass is 9.73. The van der Waals surface area contributed by atoms with Gasteiger partial charge in [-0.25, -0.2) is 4.39 Å². The summed E-state index contributed by atoms with van der Waals surface area (Å²) in [6.07, 6.45) is 0.626. The van der Waals surface area contributed by atoms with E-state index in [9.17, 15) is 19.1 Å². The predicted octanol–water partition coefficient (Wildman–Crippen LogP) is 4.09. The molecule has 0 aliphatic heterocycles. The molecule has 0 fully saturated rings. The SMILES string of the molecule is COc1cc2sc(C(C=O)C(C(=O)O)C(C)(C)C)cc2c(F)c1OC. The predicted molar refractivity (Wildman–Crippen MR) is 94.3 cm³/mol. The van der Waals surface area contributed by atoms with E-state index in [1.807, 2.05) is 0 Å². The number of benzene rings is 1. The van der Waals surface area contributed by atoms with Crippen molar-refractivity contribution < 1.29 is 28.6 Å². The fourth-order valence-electron chi connectivity index (χ4n) is 3.00. The number of rotatable bonds is 6. The Morgan fingerprint density at radius 2 is 1.92 bits per heavy atom. The molecule has 0 amide bonds. The average Bonchev–Trinajstić information content (AvgIpc) is 2.94. The van der Waals surface area contributed by atoms with E-state index in [0.717, 1.165) is 0 Å². The minimum absolute atomic E-state index is 0.0207. The molecule has 2 atom stereocenters. The molecule has 0 saturated heterocycles. The van der Waals surface area contributed by atoms with Crippen molar-refractivity contribution >= 4 is 33.7 Å². The number of thiophene rings is 1. The second kappa shape index (κ2) is 7.00. The number of methoxy groups -OCH3 is 2. The number of aliphatic carboxylic acids is 1. The Morgan fingerprint density at radius 1 is 1.28 bits per heavy atom. The van der Waals surface area contributed by atoms with Crippen molar-refractivity contribution in [2.75, 3.05) is 14.2 Å². The summed E-state index contributed by atoms with van der Waals surface area (Å²) in [6.45, 7) is 5.30. The summed E-state index contributed by atoms with van der Waals surface area (Å²) in [5.41, 5.74) is -0.637. The van der Waals surface area contributed by atoms with Crippen molar-refractivity contribution in [1.82, 2.24) is 0 Å². The fourth-order valence-corrected chi connectivity index (χ4v) is 4.18. The lowest BCUT2D eigenvalue weighted by molar-refractivity contribution is -0.147. The van der Waals surface area contributed by atoms with Gasteiger partial charge in [-0.05, 0) is 11.5 Å². The van der Waals surface area contributed by atoms with E-state index >= 15 is 0 Å². The minimum atomic E-state index is -1.06. The molecule has 1 aromatic carbocycles. The quantitative estimate of drug-likeness (QED) is 0.778. The van der Waals surface area contributed by atoms with Gasteiger partial charge in [0, 0.05) is 21.0 Å². The first-order valence-electron chi connectivity index (χ1n) is 7.67. The van der Waals surface area contributed by atoms with Crippen LogP contribution >= 0.6 is 11.3 Å². The van der Waals surface area contributed by atoms with Gasteiger partial charge in [0.05, 0.1) is 26.1 Å². The Bertz CT molecular complexity index is 806. The van der Waals surface area contributed by atoms with E-state index in [2.05, 4.69) is 0 Å². The molecular weight excluding hydrogens is 347 g/mol. The van der Waals surface area contributed by atoms with Crippen LogP contribution in [0.5, 0.6) is 11.5 Å². The lowest BCUT2D eigenvalue weighted by Gasteiger charge is -2.30. The minimum Gasteiger partial charge on any atom is -0.493 e. The molecule has 0 spiro atoms. The van der Waals surface area contributed by atoms with E-state index in [-0.39, 0.29) is 16.9 Å². The van der Waals surface area contributed by atoms with Crippen LogP contribution in [-0.4, -0.2) is 31.6 Å². The zero-order valence-electron chi connectivity index (χ0n) is 14.8. The highest BCUT2D eigenvalue weighted by atomic mass is 32.1. The van der Waals surface area contributed by atoms with Crippen molar-refractivity contribution in [3.05, 3.63) is 22.8 Å². The smallest absolute Gasteiger partial charge is 0.308 e. The molecule has 1 N–H and O–H groups in total. The molecular formula is C18H21FO5S. The molecule has 5 nitrogen and oxygen atoms in total. The van der Waals surface area contributed by atoms with Crippen molar-refractivity contribution in [3.8, 4) is 11.5 Å². The molecule has 2 aromatic rings. The summed E-state index contributed by atoms with van der Waals surface area (Å²) in [7, 11) is 2.75. The van der Waals surface area contributed by atoms with E-state index in [0.29, 0.717) is 15.9 Å². The average molecular weight is 368 g/mol. The number of carboxylic acids is 1. The number of ether oxygens (including phenoxy) is 2. The second-order valence-electron chi connectivity index (χ2n) is 6.83. The Balaban J connectivity index is 2.65. The van der Waals surface area contributed by atoms with Gasteiger partial charge in [0.1, 0.15) is 6.29 Å². The molecule has 136 valence electrons. The van der Waals surface area contributed by atoms with Gasteiger partial charge in [0.25, 0.3) is 0 Å². The first-order valence-corrected chi connectivity index (χ1v) is 8.49. The maximum atomic E-state index is 14.7. The molecule has 1 heterocycles. The van der Waals surface area contributed by atoms with Crippen molar-refractivity contribution in [3.63, 3.8) is 0 Å². The van der Waals surface area contributed by atoms with Crippen molar-refractivity contribution in [2.45, 2.75) is 26.7 Å². The van der Waals surface area contributed by atoms with Crippen LogP contribution in [0.2, 0.25) is 0 Å². The van der Waals surface area contributed by atoms with Crippen molar-refractivity contribution in [1.29, 1.82) is 0 Å². The number of hydrogen-bond acceptors (Lipinski definition) is 5. The van der Waals surface area contributed by atoms with Gasteiger partial charge in [-0.15, -0.1) is 11.3 Å². The number of carboxylic acid groups (broad SMARTS) is 1. The molecule has 2 unspecified atom stereocenters. The summed E-state index contributed by atoms with van der Waals surface area (Å²) in [5, 5.41) is 9.88. The van der Waals surface area contributed by atoms with E-state index in [1.165, 1.54) is 31.6 Å². The third-order valence-electron chi connectivity index (χ3n) is 4.16. The van der Waals surface area contributed by atoms with Gasteiger partial charge < -0.3 is 19.4 Å². The van der Waals surface area contributed by atoms with E-state index < -0.39 is 29.0 Å². The number of fused-ring (bicyclic) bond motifs is 1. The molecule has 2 rings (SSSR count). The van der Waals surface area contributed by atoms with Gasteiger partial charge in [0.15, 0.2) is 17.3 Å². The number of halogens is 1. The first kappa shape index (κ1) is 19.2. The van der Waals surface area contributed by atoms with E-state index in [4.69, 9.17) is 9.47 Å². The van der Waals surface area contributed by atoms with Gasteiger partial charge in [-0.2, -0.15) is 0 Å². The van der Waals surface area contributed by atoms with Crippen LogP contribution in [-0.2, 0) is 9.59 Å². The monoisotopic (exact) mass is 368 g/mol. The summed E-state index contributed by atoms with van der Waals surface area (Å²) in [4.78, 5) is 23.9. The highest BCUT2D eigenvalue weighted by Crippen LogP contribution is 2.44. The molecule has 0 bridgehead atoms. The lowest BCUT2D eigenvalue weighted by Crippen LogP contribution is -2.34. The van der Waals surface area contributed by atoms with Crippen LogP contribution < -0.4 is 9.47 Å². The topological polar surface area (TPSA) is 72.8 Å². The Labute approximate surface area is 149 Å². The Kier molecular flexibility index (Phi) is 5.37. The summed E-state index contributed by atoms with van der Waals surface area (Å²) >= 11 is 1.18. The van der Waals surface area contributed by atoms with Crippen LogP contribution in [0, 0.1) is 17.2 Å². The van der Waals surface area contributed by atoms with Crippen LogP contribution in [0.4, 0.5) is 4.39 Å². The number of carbonyl (C=O) groups is 2. The van der Waals surface area contributed by atoms with Crippen LogP contribution in [0.15, 0.2) is 12.1 Å². The number of aldehydes is 1. The van der Waals surface area contributed by atoms with Gasteiger partial charge in [0.2, 0.25) is 0 Å². The maximum Gasteiger partial charge on any atom is 0.308 e. The molecule has 25 heavy (non-hydrogen) atoms. The zero-order valence-corrected chi connectivity index (χ0v) is 15.6. The molecule has 0 saturated carbocycles. The van der Waals surface area contributed by atoms with Crippen LogP contribution in [0.25, 0.3) is 10.1 Å². The fraction of sp³-hybridized carbons (Fsp3) is 0.444. The zero-order chi connectivity index (χ0) is 18.9. The van der Waals surface area contributed by atoms with Crippen LogP contribution in [0.3, 0.4) is 0 Å². The van der Waals surface area contributed by atoms with E-state index in [1.54, 1.807) is 26.8 Å². The Hall–Kier alpha value is -2.15. The van der Waals surface area contributed by atoms with Gasteiger partial charge >= 0.3 is 5.97 Å². The molecule has 7 heteroatoms. The molecule has 1 aromatic heterocycles. The van der Waals surface area contributed by atoms with Gasteiger partial charge in [-0.1, -0.05) is 20.8 Å². The highest BCUT2D eigenvalue weighted by molar-refractivity contribution is 7.19. The third-order valence-corrected chi connectivity index (χ3v) is 5.34. The van der Waals surface area contributed by atoms with Gasteiger partial charge in [-0.3, -0.25) is 4.79 Å². The molecule has 0 aliphatic carbocycles. The van der Waals surface area contributed by atoms with Crippen LogP contribution in [0.1, 0.15) is 31.6 Å². The normalized spacial score (nSPS) is 14.2. The largest absolute Gasteiger partial charge is 0.493 e. The first-order chi connectivity index (χ1) is 11.6. The highest BCUT2D eigenvalue weighted by Gasteiger charge is 2.39. The summed E-state index contributed by atoms with van der Waals surface area (Å²) in [5.74, 6) is -3.22. The number of hydrogen-bond donors (Lipinski definition) is 1. The Morgan fingerprint density at radius 3 is 2.36 bits per heavy atom. The maximum absolute atomic E-state index is 14.7. The molecule has 0 aliphatic rings. The molecule has 0 radical (unpaired) electrons.